The first-order chi connectivity index (χ1) is 16.2. The van der Waals surface area contributed by atoms with Gasteiger partial charge in [0.15, 0.2) is 0 Å². The van der Waals surface area contributed by atoms with Gasteiger partial charge in [0, 0.05) is 18.7 Å². The summed E-state index contributed by atoms with van der Waals surface area (Å²) in [4.78, 5) is 14.7. The van der Waals surface area contributed by atoms with Gasteiger partial charge in [0.25, 0.3) is 5.91 Å². The van der Waals surface area contributed by atoms with Crippen LogP contribution in [0.4, 0.5) is 10.3 Å². The molecule has 0 spiro atoms. The maximum atomic E-state index is 12.2. The molecule has 1 atom stereocenters. The number of hydrogen-bond acceptors (Lipinski definition) is 8. The average molecular weight is 468 g/mol. The fourth-order valence-electron chi connectivity index (χ4n) is 3.67. The third-order valence-corrected chi connectivity index (χ3v) is 6.16. The molecule has 8 nitrogen and oxygen atoms in total. The number of piperidine rings is 1. The van der Waals surface area contributed by atoms with Crippen LogP contribution in [0.1, 0.15) is 35.2 Å². The van der Waals surface area contributed by atoms with Gasteiger partial charge in [-0.15, -0.1) is 10.2 Å². The summed E-state index contributed by atoms with van der Waals surface area (Å²) in [6.45, 7) is 3.66. The van der Waals surface area contributed by atoms with Crippen LogP contribution in [0.3, 0.4) is 0 Å². The lowest BCUT2D eigenvalue weighted by Gasteiger charge is -2.26. The van der Waals surface area contributed by atoms with Crippen LogP contribution < -0.4 is 15.4 Å². The number of nitrogens with zero attached hydrogens (tertiary/aromatic N) is 3. The van der Waals surface area contributed by atoms with Crippen molar-refractivity contribution in [1.29, 1.82) is 0 Å². The summed E-state index contributed by atoms with van der Waals surface area (Å²) in [5.74, 6) is 0.514. The van der Waals surface area contributed by atoms with Gasteiger partial charge in [-0.05, 0) is 55.8 Å². The maximum Gasteiger partial charge on any atom is 0.257 e. The summed E-state index contributed by atoms with van der Waals surface area (Å²) in [5, 5.41) is 24.9. The quantitative estimate of drug-likeness (QED) is 0.419. The monoisotopic (exact) mass is 467 g/mol. The summed E-state index contributed by atoms with van der Waals surface area (Å²) >= 11 is 1.21. The maximum absolute atomic E-state index is 12.2. The molecule has 0 radical (unpaired) electrons. The summed E-state index contributed by atoms with van der Waals surface area (Å²) < 4.78 is 5.79. The molecule has 1 fully saturated rings. The topological polar surface area (TPSA) is 99.6 Å². The molecular weight excluding hydrogens is 438 g/mol. The number of hydrogen-bond donors (Lipinski definition) is 3. The lowest BCUT2D eigenvalue weighted by molar-refractivity contribution is 0.102. The molecule has 4 rings (SSSR count). The van der Waals surface area contributed by atoms with E-state index < -0.39 is 6.10 Å². The normalized spacial score (nSPS) is 15.1. The van der Waals surface area contributed by atoms with Crippen molar-refractivity contribution < 1.29 is 14.6 Å². The predicted octanol–water partition coefficient (Wildman–Crippen LogP) is 3.63. The largest absolute Gasteiger partial charge is 0.491 e. The van der Waals surface area contributed by atoms with Gasteiger partial charge in [-0.3, -0.25) is 15.0 Å². The number of aliphatic hydroxyl groups excluding tert-OH is 1. The van der Waals surface area contributed by atoms with E-state index in [1.807, 2.05) is 24.3 Å². The van der Waals surface area contributed by atoms with Crippen molar-refractivity contribution in [3.8, 4) is 5.75 Å². The number of anilines is 2. The highest BCUT2D eigenvalue weighted by Crippen LogP contribution is 2.21. The molecule has 0 bridgehead atoms. The summed E-state index contributed by atoms with van der Waals surface area (Å²) in [6.07, 6.45) is 3.14. The Kier molecular flexibility index (Phi) is 8.24. The molecule has 1 unspecified atom stereocenters. The lowest BCUT2D eigenvalue weighted by atomic mass is 10.1. The molecule has 1 aliphatic rings. The summed E-state index contributed by atoms with van der Waals surface area (Å²) in [7, 11) is 0. The number of ether oxygens (including phenoxy) is 1. The van der Waals surface area contributed by atoms with Gasteiger partial charge < -0.3 is 15.2 Å². The van der Waals surface area contributed by atoms with E-state index >= 15 is 0 Å². The molecule has 0 saturated carbocycles. The van der Waals surface area contributed by atoms with Crippen LogP contribution in [-0.4, -0.2) is 58.5 Å². The van der Waals surface area contributed by atoms with Crippen LogP contribution in [0.25, 0.3) is 0 Å². The summed E-state index contributed by atoms with van der Waals surface area (Å²) in [5.41, 5.74) is 1.77. The Bertz CT molecular complexity index is 1020. The molecule has 9 heteroatoms. The molecule has 1 aromatic heterocycles. The second-order valence-electron chi connectivity index (χ2n) is 8.06. The van der Waals surface area contributed by atoms with Crippen LogP contribution in [0.5, 0.6) is 5.75 Å². The van der Waals surface area contributed by atoms with Gasteiger partial charge in [0.1, 0.15) is 18.5 Å². The van der Waals surface area contributed by atoms with Crippen LogP contribution in [0.2, 0.25) is 0 Å². The minimum Gasteiger partial charge on any atom is -0.491 e. The van der Waals surface area contributed by atoms with E-state index in [0.29, 0.717) is 15.8 Å². The standard InChI is InChI=1S/C24H29N5O3S/c30-20(17-32-21-11-7-8-18(14-21)16-29-12-5-2-6-13-29)15-25-23-27-28-24(33-23)26-22(31)19-9-3-1-4-10-19/h1,3-4,7-11,14,20,30H,2,5-6,12-13,15-17H2,(H,25,27)(H,26,28,31). The fraction of sp³-hybridized carbons (Fsp3) is 0.375. The first-order valence-corrected chi connectivity index (χ1v) is 12.0. The van der Waals surface area contributed by atoms with Crippen molar-refractivity contribution in [2.75, 3.05) is 36.9 Å². The molecule has 3 N–H and O–H groups in total. The minimum absolute atomic E-state index is 0.163. The highest BCUT2D eigenvalue weighted by Gasteiger charge is 2.13. The molecule has 0 aliphatic carbocycles. The van der Waals surface area contributed by atoms with Gasteiger partial charge in [-0.25, -0.2) is 0 Å². The van der Waals surface area contributed by atoms with Gasteiger partial charge in [0.05, 0.1) is 0 Å². The number of aromatic nitrogens is 2. The number of carbonyl (C=O) groups is 1. The zero-order chi connectivity index (χ0) is 22.9. The Morgan fingerprint density at radius 1 is 1.06 bits per heavy atom. The molecule has 174 valence electrons. The van der Waals surface area contributed by atoms with Gasteiger partial charge in [-0.1, -0.05) is 48.1 Å². The predicted molar refractivity (Wildman–Crippen MR) is 130 cm³/mol. The Hall–Kier alpha value is -3.01. The lowest BCUT2D eigenvalue weighted by Crippen LogP contribution is -2.29. The number of carbonyl (C=O) groups excluding carboxylic acids is 1. The van der Waals surface area contributed by atoms with Crippen molar-refractivity contribution in [2.45, 2.75) is 31.9 Å². The van der Waals surface area contributed by atoms with Gasteiger partial charge in [-0.2, -0.15) is 0 Å². The number of amides is 1. The highest BCUT2D eigenvalue weighted by molar-refractivity contribution is 7.19. The van der Waals surface area contributed by atoms with E-state index in [9.17, 15) is 9.90 Å². The SMILES string of the molecule is O=C(Nc1nnc(NCC(O)COc2cccc(CN3CCCCC3)c2)s1)c1ccccc1. The van der Waals surface area contributed by atoms with Crippen LogP contribution in [0.15, 0.2) is 54.6 Å². The first kappa shape index (κ1) is 23.2. The zero-order valence-electron chi connectivity index (χ0n) is 18.4. The number of benzene rings is 2. The van der Waals surface area contributed by atoms with Crippen LogP contribution in [-0.2, 0) is 6.54 Å². The van der Waals surface area contributed by atoms with Gasteiger partial charge >= 0.3 is 0 Å². The Morgan fingerprint density at radius 3 is 2.67 bits per heavy atom. The third-order valence-electron chi connectivity index (χ3n) is 5.37. The Labute approximate surface area is 197 Å². The van der Waals surface area contributed by atoms with E-state index in [4.69, 9.17) is 4.74 Å². The average Bonchev–Trinajstić information content (AvgIpc) is 3.30. The van der Waals surface area contributed by atoms with Crippen molar-refractivity contribution in [1.82, 2.24) is 15.1 Å². The van der Waals surface area contributed by atoms with E-state index in [-0.39, 0.29) is 19.1 Å². The van der Waals surface area contributed by atoms with Crippen molar-refractivity contribution in [3.63, 3.8) is 0 Å². The Morgan fingerprint density at radius 2 is 1.85 bits per heavy atom. The third kappa shape index (κ3) is 7.24. The van der Waals surface area contributed by atoms with Crippen LogP contribution >= 0.6 is 11.3 Å². The molecule has 2 aromatic carbocycles. The van der Waals surface area contributed by atoms with Gasteiger partial charge in [0.2, 0.25) is 10.3 Å². The molecule has 1 saturated heterocycles. The molecule has 33 heavy (non-hydrogen) atoms. The molecule has 1 aliphatic heterocycles. The van der Waals surface area contributed by atoms with Crippen LogP contribution in [0, 0.1) is 0 Å². The number of likely N-dealkylation sites (tertiary alicyclic amines) is 1. The fourth-order valence-corrected chi connectivity index (χ4v) is 4.32. The second-order valence-corrected chi connectivity index (χ2v) is 9.04. The zero-order valence-corrected chi connectivity index (χ0v) is 19.3. The summed E-state index contributed by atoms with van der Waals surface area (Å²) in [6, 6.07) is 17.0. The molecule has 2 heterocycles. The minimum atomic E-state index is -0.720. The highest BCUT2D eigenvalue weighted by atomic mass is 32.1. The van der Waals surface area contributed by atoms with E-state index in [2.05, 4.69) is 31.8 Å². The van der Waals surface area contributed by atoms with E-state index in [1.165, 1.54) is 36.2 Å². The Balaban J connectivity index is 1.19. The molecule has 1 amide bonds. The van der Waals surface area contributed by atoms with E-state index in [0.717, 1.165) is 25.4 Å². The first-order valence-electron chi connectivity index (χ1n) is 11.2. The number of nitrogens with one attached hydrogen (secondary N) is 2. The number of rotatable bonds is 10. The van der Waals surface area contributed by atoms with Crippen molar-refractivity contribution in [2.24, 2.45) is 0 Å². The second kappa shape index (κ2) is 11.7. The molecular formula is C24H29N5O3S. The van der Waals surface area contributed by atoms with Crippen molar-refractivity contribution in [3.05, 3.63) is 65.7 Å². The van der Waals surface area contributed by atoms with Crippen molar-refractivity contribution >= 4 is 27.5 Å². The number of aliphatic hydroxyl groups is 1. The van der Waals surface area contributed by atoms with E-state index in [1.54, 1.807) is 24.3 Å². The molecule has 3 aromatic rings. The smallest absolute Gasteiger partial charge is 0.257 e.